The van der Waals surface area contributed by atoms with E-state index >= 15 is 0 Å². The second-order valence-electron chi connectivity index (χ2n) is 12.0. The number of hydrogen-bond donors (Lipinski definition) is 0. The zero-order valence-electron chi connectivity index (χ0n) is 21.0. The standard InChI is InChI=1S/C29H48F2O2/c1-21-4-17-28(33-20-21)26-13-11-25(12-14-26)24-9-5-22(6-10-24)3-2-18-32-27-15-7-23(8-16-27)19-29(30)31/h19,21-28H,2-18,20H2,1H3. The van der Waals surface area contributed by atoms with E-state index in [4.69, 9.17) is 9.47 Å². The molecule has 3 aliphatic carbocycles. The van der Waals surface area contributed by atoms with Crippen molar-refractivity contribution in [3.8, 4) is 0 Å². The number of halogens is 2. The van der Waals surface area contributed by atoms with Crippen LogP contribution in [0.5, 0.6) is 0 Å². The summed E-state index contributed by atoms with van der Waals surface area (Å²) < 4.78 is 37.1. The Balaban J connectivity index is 1.04. The zero-order valence-corrected chi connectivity index (χ0v) is 21.0. The molecule has 0 N–H and O–H groups in total. The molecule has 1 saturated heterocycles. The van der Waals surface area contributed by atoms with Gasteiger partial charge in [0.05, 0.1) is 12.2 Å². The van der Waals surface area contributed by atoms with E-state index < -0.39 is 6.08 Å². The monoisotopic (exact) mass is 466 g/mol. The van der Waals surface area contributed by atoms with Gasteiger partial charge in [0.25, 0.3) is 6.08 Å². The first-order chi connectivity index (χ1) is 16.1. The molecule has 0 radical (unpaired) electrons. The van der Waals surface area contributed by atoms with Crippen LogP contribution in [0.1, 0.15) is 110 Å². The van der Waals surface area contributed by atoms with Crippen LogP contribution in [0.4, 0.5) is 8.78 Å². The molecule has 2 unspecified atom stereocenters. The van der Waals surface area contributed by atoms with Crippen molar-refractivity contribution in [2.45, 2.75) is 122 Å². The largest absolute Gasteiger partial charge is 0.378 e. The van der Waals surface area contributed by atoms with Gasteiger partial charge in [-0.1, -0.05) is 19.8 Å². The zero-order chi connectivity index (χ0) is 23.0. The maximum absolute atomic E-state index is 12.4. The summed E-state index contributed by atoms with van der Waals surface area (Å²) in [6.45, 7) is 4.16. The van der Waals surface area contributed by atoms with Gasteiger partial charge in [-0.3, -0.25) is 0 Å². The van der Waals surface area contributed by atoms with Crippen molar-refractivity contribution < 1.29 is 18.3 Å². The predicted molar refractivity (Wildman–Crippen MR) is 130 cm³/mol. The third-order valence-corrected chi connectivity index (χ3v) is 9.63. The first-order valence-corrected chi connectivity index (χ1v) is 14.3. The first kappa shape index (κ1) is 25.6. The normalized spacial score (nSPS) is 40.3. The van der Waals surface area contributed by atoms with Crippen LogP contribution in [-0.2, 0) is 9.47 Å². The third-order valence-electron chi connectivity index (χ3n) is 9.63. The average molecular weight is 467 g/mol. The van der Waals surface area contributed by atoms with E-state index in [0.29, 0.717) is 12.2 Å². The Hall–Kier alpha value is -0.480. The Morgan fingerprint density at radius 1 is 0.788 bits per heavy atom. The molecule has 0 bridgehead atoms. The molecule has 4 rings (SSSR count). The average Bonchev–Trinajstić information content (AvgIpc) is 2.84. The van der Waals surface area contributed by atoms with Crippen LogP contribution >= 0.6 is 0 Å². The van der Waals surface area contributed by atoms with Crippen LogP contribution in [0.2, 0.25) is 0 Å². The quantitative estimate of drug-likeness (QED) is 0.334. The Bertz CT molecular complexity index is 572. The van der Waals surface area contributed by atoms with Crippen LogP contribution in [-0.4, -0.2) is 25.4 Å². The lowest BCUT2D eigenvalue weighted by Crippen LogP contribution is -2.35. The van der Waals surface area contributed by atoms with Crippen molar-refractivity contribution in [3.05, 3.63) is 12.2 Å². The van der Waals surface area contributed by atoms with Crippen LogP contribution in [0, 0.1) is 35.5 Å². The minimum absolute atomic E-state index is 0.0597. The molecule has 190 valence electrons. The van der Waals surface area contributed by atoms with E-state index in [1.54, 1.807) is 0 Å². The van der Waals surface area contributed by atoms with Crippen molar-refractivity contribution in [3.63, 3.8) is 0 Å². The van der Waals surface area contributed by atoms with Crippen molar-refractivity contribution in [2.75, 3.05) is 13.2 Å². The van der Waals surface area contributed by atoms with E-state index in [2.05, 4.69) is 6.92 Å². The molecule has 2 nitrogen and oxygen atoms in total. The summed E-state index contributed by atoms with van der Waals surface area (Å²) in [4.78, 5) is 0. The van der Waals surface area contributed by atoms with E-state index in [-0.39, 0.29) is 5.92 Å². The molecule has 0 aromatic heterocycles. The van der Waals surface area contributed by atoms with E-state index in [0.717, 1.165) is 74.6 Å². The molecular weight excluding hydrogens is 418 g/mol. The number of allylic oxidation sites excluding steroid dienone is 1. The van der Waals surface area contributed by atoms with Crippen molar-refractivity contribution in [1.29, 1.82) is 0 Å². The molecule has 0 aromatic carbocycles. The summed E-state index contributed by atoms with van der Waals surface area (Å²) in [6.07, 6.45) is 20.6. The third kappa shape index (κ3) is 8.02. The first-order valence-electron chi connectivity index (χ1n) is 14.3. The maximum atomic E-state index is 12.4. The molecular formula is C29H48F2O2. The van der Waals surface area contributed by atoms with Gasteiger partial charge in [-0.05, 0) is 131 Å². The van der Waals surface area contributed by atoms with Crippen molar-refractivity contribution in [1.82, 2.24) is 0 Å². The second-order valence-corrected chi connectivity index (χ2v) is 12.0. The number of ether oxygens (including phenoxy) is 2. The molecule has 4 fully saturated rings. The molecule has 0 spiro atoms. The highest BCUT2D eigenvalue weighted by atomic mass is 19.3. The van der Waals surface area contributed by atoms with Gasteiger partial charge in [0.1, 0.15) is 0 Å². The highest BCUT2D eigenvalue weighted by Gasteiger charge is 2.34. The fraction of sp³-hybridized carbons (Fsp3) is 0.931. The molecule has 4 heteroatoms. The van der Waals surface area contributed by atoms with E-state index in [9.17, 15) is 8.78 Å². The minimum atomic E-state index is -1.52. The summed E-state index contributed by atoms with van der Waals surface area (Å²) in [7, 11) is 0. The SMILES string of the molecule is CC1CCC(C2CCC(C3CCC(CCCOC4CCC(C=C(F)F)CC4)CC3)CC2)OC1. The maximum Gasteiger partial charge on any atom is 0.266 e. The molecule has 3 saturated carbocycles. The summed E-state index contributed by atoms with van der Waals surface area (Å²) in [5, 5.41) is 0. The van der Waals surface area contributed by atoms with E-state index in [1.807, 2.05) is 0 Å². The summed E-state index contributed by atoms with van der Waals surface area (Å²) >= 11 is 0. The van der Waals surface area contributed by atoms with Gasteiger partial charge in [0.15, 0.2) is 0 Å². The Morgan fingerprint density at radius 3 is 2.03 bits per heavy atom. The predicted octanol–water partition coefficient (Wildman–Crippen LogP) is 8.55. The summed E-state index contributed by atoms with van der Waals surface area (Å²) in [5.41, 5.74) is 0. The minimum Gasteiger partial charge on any atom is -0.378 e. The molecule has 2 atom stereocenters. The van der Waals surface area contributed by atoms with Gasteiger partial charge in [0, 0.05) is 13.2 Å². The highest BCUT2D eigenvalue weighted by Crippen LogP contribution is 2.44. The lowest BCUT2D eigenvalue weighted by molar-refractivity contribution is -0.0570. The Morgan fingerprint density at radius 2 is 1.42 bits per heavy atom. The van der Waals surface area contributed by atoms with Gasteiger partial charge in [-0.25, -0.2) is 0 Å². The van der Waals surface area contributed by atoms with Gasteiger partial charge < -0.3 is 9.47 Å². The summed E-state index contributed by atoms with van der Waals surface area (Å²) in [5.74, 6) is 4.50. The highest BCUT2D eigenvalue weighted by molar-refractivity contribution is 4.91. The number of rotatable bonds is 8. The van der Waals surface area contributed by atoms with Crippen molar-refractivity contribution in [2.24, 2.45) is 35.5 Å². The van der Waals surface area contributed by atoms with Gasteiger partial charge in [-0.15, -0.1) is 0 Å². The Kier molecular flexibility index (Phi) is 10.1. The van der Waals surface area contributed by atoms with Gasteiger partial charge in [0.2, 0.25) is 0 Å². The van der Waals surface area contributed by atoms with Gasteiger partial charge >= 0.3 is 0 Å². The van der Waals surface area contributed by atoms with Gasteiger partial charge in [-0.2, -0.15) is 8.78 Å². The molecule has 1 aliphatic heterocycles. The number of hydrogen-bond acceptors (Lipinski definition) is 2. The van der Waals surface area contributed by atoms with Crippen LogP contribution < -0.4 is 0 Å². The second kappa shape index (κ2) is 13.0. The fourth-order valence-corrected chi connectivity index (χ4v) is 7.43. The fourth-order valence-electron chi connectivity index (χ4n) is 7.43. The molecule has 4 aliphatic rings. The lowest BCUT2D eigenvalue weighted by Gasteiger charge is -2.41. The molecule has 33 heavy (non-hydrogen) atoms. The lowest BCUT2D eigenvalue weighted by atomic mass is 9.67. The molecule has 0 amide bonds. The van der Waals surface area contributed by atoms with Crippen molar-refractivity contribution >= 4 is 0 Å². The smallest absolute Gasteiger partial charge is 0.266 e. The molecule has 1 heterocycles. The summed E-state index contributed by atoms with van der Waals surface area (Å²) in [6, 6.07) is 0. The van der Waals surface area contributed by atoms with Crippen LogP contribution in [0.3, 0.4) is 0 Å². The van der Waals surface area contributed by atoms with E-state index in [1.165, 1.54) is 77.0 Å². The van der Waals surface area contributed by atoms with Crippen LogP contribution in [0.25, 0.3) is 0 Å². The van der Waals surface area contributed by atoms with Crippen LogP contribution in [0.15, 0.2) is 12.2 Å². The Labute approximate surface area is 201 Å². The topological polar surface area (TPSA) is 18.5 Å². The molecule has 0 aromatic rings.